The lowest BCUT2D eigenvalue weighted by Crippen LogP contribution is -2.30. The summed E-state index contributed by atoms with van der Waals surface area (Å²) in [5.74, 6) is 0. The van der Waals surface area contributed by atoms with Gasteiger partial charge in [0, 0.05) is 6.04 Å². The van der Waals surface area contributed by atoms with Crippen molar-refractivity contribution in [1.29, 1.82) is 0 Å². The summed E-state index contributed by atoms with van der Waals surface area (Å²) in [4.78, 5) is 0. The Labute approximate surface area is 122 Å². The average molecular weight is 267 g/mol. The van der Waals surface area contributed by atoms with E-state index in [9.17, 15) is 0 Å². The number of fused-ring (bicyclic) bond motifs is 1. The van der Waals surface area contributed by atoms with Crippen LogP contribution in [0.15, 0.2) is 42.5 Å². The predicted molar refractivity (Wildman–Crippen MR) is 87.1 cm³/mol. The van der Waals surface area contributed by atoms with Crippen LogP contribution in [0.5, 0.6) is 0 Å². The van der Waals surface area contributed by atoms with E-state index in [1.165, 1.54) is 54.9 Å². The van der Waals surface area contributed by atoms with Gasteiger partial charge in [-0.05, 0) is 42.1 Å². The predicted octanol–water partition coefficient (Wildman–Crippen LogP) is 4.69. The van der Waals surface area contributed by atoms with Crippen molar-refractivity contribution < 1.29 is 0 Å². The first kappa shape index (κ1) is 13.6. The van der Waals surface area contributed by atoms with E-state index in [4.69, 9.17) is 0 Å². The van der Waals surface area contributed by atoms with E-state index < -0.39 is 0 Å². The van der Waals surface area contributed by atoms with Crippen molar-refractivity contribution in [3.05, 3.63) is 48.0 Å². The maximum atomic E-state index is 3.77. The van der Waals surface area contributed by atoms with Crippen molar-refractivity contribution in [2.24, 2.45) is 0 Å². The Morgan fingerprint density at radius 1 is 0.850 bits per heavy atom. The first-order valence-electron chi connectivity index (χ1n) is 8.13. The van der Waals surface area contributed by atoms with Crippen LogP contribution in [0, 0.1) is 0 Å². The normalized spacial score (nSPS) is 17.2. The van der Waals surface area contributed by atoms with Crippen molar-refractivity contribution in [2.45, 2.75) is 51.0 Å². The third-order valence-electron chi connectivity index (χ3n) is 4.56. The molecule has 0 heterocycles. The minimum absolute atomic E-state index is 0.757. The number of rotatable bonds is 4. The quantitative estimate of drug-likeness (QED) is 0.792. The molecule has 0 unspecified atom stereocenters. The van der Waals surface area contributed by atoms with Crippen LogP contribution in [-0.2, 0) is 6.42 Å². The maximum Gasteiger partial charge on any atom is 0.00671 e. The Morgan fingerprint density at radius 3 is 2.45 bits per heavy atom. The van der Waals surface area contributed by atoms with E-state index in [1.54, 1.807) is 0 Å². The van der Waals surface area contributed by atoms with Crippen LogP contribution >= 0.6 is 0 Å². The molecule has 1 aliphatic rings. The standard InChI is InChI=1S/C19H25N/c1-2-4-12-18(11-3-1)20-15-14-17-10-7-9-16-8-5-6-13-19(16)17/h5-10,13,18,20H,1-4,11-12,14-15H2. The molecule has 1 aliphatic carbocycles. The van der Waals surface area contributed by atoms with Crippen LogP contribution in [-0.4, -0.2) is 12.6 Å². The maximum absolute atomic E-state index is 3.77. The van der Waals surface area contributed by atoms with Gasteiger partial charge in [0.05, 0.1) is 0 Å². The Morgan fingerprint density at radius 2 is 1.60 bits per heavy atom. The van der Waals surface area contributed by atoms with E-state index in [2.05, 4.69) is 47.8 Å². The van der Waals surface area contributed by atoms with Gasteiger partial charge in [0.25, 0.3) is 0 Å². The number of benzene rings is 2. The first-order chi connectivity index (χ1) is 9.93. The van der Waals surface area contributed by atoms with Gasteiger partial charge in [0.2, 0.25) is 0 Å². The first-order valence-corrected chi connectivity index (χ1v) is 8.13. The molecule has 3 rings (SSSR count). The summed E-state index contributed by atoms with van der Waals surface area (Å²) in [6.07, 6.45) is 9.56. The molecule has 1 N–H and O–H groups in total. The molecule has 1 fully saturated rings. The van der Waals surface area contributed by atoms with E-state index in [0.29, 0.717) is 0 Å². The fraction of sp³-hybridized carbons (Fsp3) is 0.474. The summed E-state index contributed by atoms with van der Waals surface area (Å²) < 4.78 is 0. The molecule has 0 atom stereocenters. The largest absolute Gasteiger partial charge is 0.314 e. The fourth-order valence-electron chi connectivity index (χ4n) is 3.40. The number of hydrogen-bond acceptors (Lipinski definition) is 1. The Bertz CT molecular complexity index is 533. The SMILES string of the molecule is c1ccc2c(CCNC3CCCCCC3)cccc2c1. The van der Waals surface area contributed by atoms with Crippen molar-refractivity contribution >= 4 is 10.8 Å². The van der Waals surface area contributed by atoms with Gasteiger partial charge in [-0.2, -0.15) is 0 Å². The summed E-state index contributed by atoms with van der Waals surface area (Å²) in [6.45, 7) is 1.11. The second-order valence-corrected chi connectivity index (χ2v) is 6.03. The molecule has 0 aromatic heterocycles. The summed E-state index contributed by atoms with van der Waals surface area (Å²) in [6, 6.07) is 16.1. The highest BCUT2D eigenvalue weighted by Crippen LogP contribution is 2.20. The van der Waals surface area contributed by atoms with Crippen LogP contribution < -0.4 is 5.32 Å². The van der Waals surface area contributed by atoms with E-state index >= 15 is 0 Å². The zero-order valence-corrected chi connectivity index (χ0v) is 12.3. The number of hydrogen-bond donors (Lipinski definition) is 1. The highest BCUT2D eigenvalue weighted by molar-refractivity contribution is 5.85. The second kappa shape index (κ2) is 6.90. The summed E-state index contributed by atoms with van der Waals surface area (Å²) in [5.41, 5.74) is 1.48. The lowest BCUT2D eigenvalue weighted by molar-refractivity contribution is 0.463. The van der Waals surface area contributed by atoms with E-state index in [0.717, 1.165) is 19.0 Å². The number of nitrogens with one attached hydrogen (secondary N) is 1. The molecule has 106 valence electrons. The van der Waals surface area contributed by atoms with Gasteiger partial charge in [0.15, 0.2) is 0 Å². The Balaban J connectivity index is 1.59. The van der Waals surface area contributed by atoms with Crippen molar-refractivity contribution in [1.82, 2.24) is 5.32 Å². The lowest BCUT2D eigenvalue weighted by atomic mass is 10.0. The molecule has 0 radical (unpaired) electrons. The van der Waals surface area contributed by atoms with Crippen molar-refractivity contribution in [2.75, 3.05) is 6.54 Å². The van der Waals surface area contributed by atoms with Gasteiger partial charge in [0.1, 0.15) is 0 Å². The Kier molecular flexibility index (Phi) is 4.70. The molecular weight excluding hydrogens is 242 g/mol. The molecule has 0 saturated heterocycles. The topological polar surface area (TPSA) is 12.0 Å². The molecular formula is C19H25N. The molecule has 2 aromatic carbocycles. The lowest BCUT2D eigenvalue weighted by Gasteiger charge is -2.16. The third-order valence-corrected chi connectivity index (χ3v) is 4.56. The van der Waals surface area contributed by atoms with Gasteiger partial charge in [-0.3, -0.25) is 0 Å². The van der Waals surface area contributed by atoms with Crippen molar-refractivity contribution in [3.8, 4) is 0 Å². The molecule has 0 aliphatic heterocycles. The molecule has 0 bridgehead atoms. The monoisotopic (exact) mass is 267 g/mol. The molecule has 0 amide bonds. The average Bonchev–Trinajstić information content (AvgIpc) is 2.76. The highest BCUT2D eigenvalue weighted by atomic mass is 14.9. The van der Waals surface area contributed by atoms with E-state index in [-0.39, 0.29) is 0 Å². The molecule has 0 spiro atoms. The van der Waals surface area contributed by atoms with Gasteiger partial charge in [-0.15, -0.1) is 0 Å². The van der Waals surface area contributed by atoms with Crippen LogP contribution in [0.3, 0.4) is 0 Å². The Hall–Kier alpha value is -1.34. The van der Waals surface area contributed by atoms with Gasteiger partial charge in [-0.1, -0.05) is 68.1 Å². The second-order valence-electron chi connectivity index (χ2n) is 6.03. The minimum Gasteiger partial charge on any atom is -0.314 e. The van der Waals surface area contributed by atoms with Gasteiger partial charge in [-0.25, -0.2) is 0 Å². The highest BCUT2D eigenvalue weighted by Gasteiger charge is 2.11. The zero-order chi connectivity index (χ0) is 13.6. The van der Waals surface area contributed by atoms with Crippen LogP contribution in [0.25, 0.3) is 10.8 Å². The van der Waals surface area contributed by atoms with Gasteiger partial charge >= 0.3 is 0 Å². The van der Waals surface area contributed by atoms with Crippen LogP contribution in [0.1, 0.15) is 44.1 Å². The summed E-state index contributed by atoms with van der Waals surface area (Å²) >= 11 is 0. The summed E-state index contributed by atoms with van der Waals surface area (Å²) in [5, 5.41) is 6.55. The fourth-order valence-corrected chi connectivity index (χ4v) is 3.40. The van der Waals surface area contributed by atoms with Crippen LogP contribution in [0.4, 0.5) is 0 Å². The minimum atomic E-state index is 0.757. The van der Waals surface area contributed by atoms with Crippen LogP contribution in [0.2, 0.25) is 0 Å². The third kappa shape index (κ3) is 3.40. The summed E-state index contributed by atoms with van der Waals surface area (Å²) in [7, 11) is 0. The molecule has 20 heavy (non-hydrogen) atoms. The zero-order valence-electron chi connectivity index (χ0n) is 12.3. The molecule has 1 saturated carbocycles. The molecule has 2 aromatic rings. The van der Waals surface area contributed by atoms with Crippen molar-refractivity contribution in [3.63, 3.8) is 0 Å². The van der Waals surface area contributed by atoms with Gasteiger partial charge < -0.3 is 5.32 Å². The molecule has 1 heteroatoms. The molecule has 1 nitrogen and oxygen atoms in total. The smallest absolute Gasteiger partial charge is 0.00671 e. The van der Waals surface area contributed by atoms with E-state index in [1.807, 2.05) is 0 Å².